The monoisotopic (exact) mass is 375 g/mol. The van der Waals surface area contributed by atoms with Crippen LogP contribution >= 0.6 is 0 Å². The number of H-pyrrole nitrogens is 1. The molecule has 2 aliphatic rings. The van der Waals surface area contributed by atoms with E-state index in [0.29, 0.717) is 25.9 Å². The SMILES string of the molecule is C[C@H]1c2[nH]c3ccccc3c2CCN1C(=O)C1CCN(S(C)(=O)=O)CC1. The number of piperidine rings is 1. The molecule has 7 heteroatoms. The zero-order chi connectivity index (χ0) is 18.5. The second kappa shape index (κ2) is 6.39. The summed E-state index contributed by atoms with van der Waals surface area (Å²) in [5.41, 5.74) is 3.59. The highest BCUT2D eigenvalue weighted by atomic mass is 32.2. The number of nitrogens with zero attached hydrogens (tertiary/aromatic N) is 2. The van der Waals surface area contributed by atoms with Crippen molar-refractivity contribution < 1.29 is 13.2 Å². The first-order chi connectivity index (χ1) is 12.4. The third-order valence-electron chi connectivity index (χ3n) is 5.89. The summed E-state index contributed by atoms with van der Waals surface area (Å²) in [5.74, 6) is 0.0799. The summed E-state index contributed by atoms with van der Waals surface area (Å²) in [6.07, 6.45) is 3.31. The van der Waals surface area contributed by atoms with E-state index in [1.54, 1.807) is 0 Å². The number of sulfonamides is 1. The number of nitrogens with one attached hydrogen (secondary N) is 1. The van der Waals surface area contributed by atoms with Crippen LogP contribution in [0.15, 0.2) is 24.3 Å². The van der Waals surface area contributed by atoms with Gasteiger partial charge in [0, 0.05) is 42.1 Å². The van der Waals surface area contributed by atoms with E-state index in [9.17, 15) is 13.2 Å². The molecule has 1 fully saturated rings. The van der Waals surface area contributed by atoms with Gasteiger partial charge in [0.15, 0.2) is 0 Å². The van der Waals surface area contributed by atoms with Gasteiger partial charge in [0.25, 0.3) is 0 Å². The minimum absolute atomic E-state index is 0.0200. The van der Waals surface area contributed by atoms with Crippen LogP contribution in [0.4, 0.5) is 0 Å². The van der Waals surface area contributed by atoms with Gasteiger partial charge in [0.2, 0.25) is 15.9 Å². The lowest BCUT2D eigenvalue weighted by Crippen LogP contribution is -2.46. The molecule has 1 N–H and O–H groups in total. The molecule has 0 spiro atoms. The Balaban J connectivity index is 1.51. The molecule has 4 rings (SSSR count). The summed E-state index contributed by atoms with van der Waals surface area (Å²) >= 11 is 0. The molecular weight excluding hydrogens is 350 g/mol. The van der Waals surface area contributed by atoms with E-state index in [1.807, 2.05) is 17.0 Å². The summed E-state index contributed by atoms with van der Waals surface area (Å²) in [5, 5.41) is 1.25. The molecule has 6 nitrogen and oxygen atoms in total. The molecule has 2 aromatic rings. The van der Waals surface area contributed by atoms with Crippen LogP contribution in [0.2, 0.25) is 0 Å². The van der Waals surface area contributed by atoms with Gasteiger partial charge in [0.1, 0.15) is 0 Å². The maximum absolute atomic E-state index is 13.1. The number of benzene rings is 1. The van der Waals surface area contributed by atoms with Gasteiger partial charge in [-0.2, -0.15) is 0 Å². The number of aromatic amines is 1. The Morgan fingerprint density at radius 2 is 1.85 bits per heavy atom. The number of carbonyl (C=O) groups excluding carboxylic acids is 1. The van der Waals surface area contributed by atoms with Gasteiger partial charge in [0.05, 0.1) is 12.3 Å². The highest BCUT2D eigenvalue weighted by molar-refractivity contribution is 7.88. The Kier molecular flexibility index (Phi) is 4.31. The third-order valence-corrected chi connectivity index (χ3v) is 7.19. The van der Waals surface area contributed by atoms with Crippen LogP contribution in [0.5, 0.6) is 0 Å². The Morgan fingerprint density at radius 1 is 1.15 bits per heavy atom. The fourth-order valence-electron chi connectivity index (χ4n) is 4.40. The van der Waals surface area contributed by atoms with Crippen LogP contribution < -0.4 is 0 Å². The fourth-order valence-corrected chi connectivity index (χ4v) is 5.27. The molecule has 0 bridgehead atoms. The predicted octanol–water partition coefficient (Wildman–Crippen LogP) is 2.29. The first-order valence-electron chi connectivity index (χ1n) is 9.21. The van der Waals surface area contributed by atoms with Gasteiger partial charge >= 0.3 is 0 Å². The minimum atomic E-state index is -3.16. The molecular formula is C19H25N3O3S. The molecule has 1 amide bonds. The molecule has 1 saturated heterocycles. The van der Waals surface area contributed by atoms with E-state index in [-0.39, 0.29) is 17.9 Å². The van der Waals surface area contributed by atoms with Crippen molar-refractivity contribution in [2.24, 2.45) is 5.92 Å². The van der Waals surface area contributed by atoms with Crippen LogP contribution in [0.3, 0.4) is 0 Å². The van der Waals surface area contributed by atoms with Crippen LogP contribution in [0, 0.1) is 5.92 Å². The number of amides is 1. The number of fused-ring (bicyclic) bond motifs is 3. The Labute approximate surface area is 154 Å². The Morgan fingerprint density at radius 3 is 2.54 bits per heavy atom. The van der Waals surface area contributed by atoms with Crippen molar-refractivity contribution in [3.05, 3.63) is 35.5 Å². The van der Waals surface area contributed by atoms with Gasteiger partial charge in [-0.1, -0.05) is 18.2 Å². The molecule has 140 valence electrons. The molecule has 0 radical (unpaired) electrons. The molecule has 1 atom stereocenters. The second-order valence-corrected chi connectivity index (χ2v) is 9.44. The van der Waals surface area contributed by atoms with Gasteiger partial charge in [-0.25, -0.2) is 12.7 Å². The number of rotatable bonds is 2. The molecule has 0 aliphatic carbocycles. The largest absolute Gasteiger partial charge is 0.356 e. The Hall–Kier alpha value is -1.86. The van der Waals surface area contributed by atoms with Crippen molar-refractivity contribution in [3.63, 3.8) is 0 Å². The first-order valence-corrected chi connectivity index (χ1v) is 11.1. The number of para-hydroxylation sites is 1. The predicted molar refractivity (Wildman–Crippen MR) is 101 cm³/mol. The molecule has 0 saturated carbocycles. The van der Waals surface area contributed by atoms with Crippen molar-refractivity contribution in [3.8, 4) is 0 Å². The van der Waals surface area contributed by atoms with E-state index < -0.39 is 10.0 Å². The van der Waals surface area contributed by atoms with E-state index in [4.69, 9.17) is 0 Å². The standard InChI is InChI=1S/C19H25N3O3S/c1-13-18-16(15-5-3-4-6-17(15)20-18)9-12-22(13)19(23)14-7-10-21(11-8-14)26(2,24)25/h3-6,13-14,20H,7-12H2,1-2H3/t13-/m0/s1. The average molecular weight is 375 g/mol. The van der Waals surface area contributed by atoms with Crippen LogP contribution in [-0.4, -0.2) is 54.4 Å². The van der Waals surface area contributed by atoms with Crippen molar-refractivity contribution in [1.82, 2.24) is 14.2 Å². The summed E-state index contributed by atoms with van der Waals surface area (Å²) in [4.78, 5) is 18.6. The van der Waals surface area contributed by atoms with Crippen molar-refractivity contribution in [1.29, 1.82) is 0 Å². The lowest BCUT2D eigenvalue weighted by atomic mass is 9.92. The quantitative estimate of drug-likeness (QED) is 0.875. The summed E-state index contributed by atoms with van der Waals surface area (Å²) in [6.45, 7) is 3.68. The minimum Gasteiger partial charge on any atom is -0.356 e. The summed E-state index contributed by atoms with van der Waals surface area (Å²) < 4.78 is 24.8. The Bertz CT molecular complexity index is 942. The normalized spacial score (nSPS) is 22.5. The topological polar surface area (TPSA) is 73.5 Å². The second-order valence-electron chi connectivity index (χ2n) is 7.46. The first kappa shape index (κ1) is 17.5. The van der Waals surface area contributed by atoms with E-state index in [1.165, 1.54) is 21.5 Å². The number of carbonyl (C=O) groups is 1. The number of aromatic nitrogens is 1. The maximum Gasteiger partial charge on any atom is 0.226 e. The van der Waals surface area contributed by atoms with Crippen molar-refractivity contribution >= 4 is 26.8 Å². The average Bonchev–Trinajstić information content (AvgIpc) is 3.01. The lowest BCUT2D eigenvalue weighted by molar-refractivity contribution is -0.139. The number of hydrogen-bond acceptors (Lipinski definition) is 3. The fraction of sp³-hybridized carbons (Fsp3) is 0.526. The zero-order valence-electron chi connectivity index (χ0n) is 15.2. The molecule has 1 aromatic carbocycles. The van der Waals surface area contributed by atoms with Crippen LogP contribution in [0.1, 0.15) is 37.1 Å². The van der Waals surface area contributed by atoms with E-state index >= 15 is 0 Å². The summed E-state index contributed by atoms with van der Waals surface area (Å²) in [7, 11) is -3.16. The number of hydrogen-bond donors (Lipinski definition) is 1. The van der Waals surface area contributed by atoms with Crippen molar-refractivity contribution in [2.75, 3.05) is 25.9 Å². The van der Waals surface area contributed by atoms with Crippen molar-refractivity contribution in [2.45, 2.75) is 32.2 Å². The van der Waals surface area contributed by atoms with Gasteiger partial charge in [-0.15, -0.1) is 0 Å². The zero-order valence-corrected chi connectivity index (χ0v) is 16.1. The highest BCUT2D eigenvalue weighted by Gasteiger charge is 2.36. The molecule has 0 unspecified atom stereocenters. The van der Waals surface area contributed by atoms with E-state index in [0.717, 1.165) is 24.2 Å². The van der Waals surface area contributed by atoms with E-state index in [2.05, 4.69) is 24.0 Å². The lowest BCUT2D eigenvalue weighted by Gasteiger charge is -2.38. The molecule has 26 heavy (non-hydrogen) atoms. The molecule has 2 aliphatic heterocycles. The van der Waals surface area contributed by atoms with Crippen LogP contribution in [0.25, 0.3) is 10.9 Å². The smallest absolute Gasteiger partial charge is 0.226 e. The molecule has 3 heterocycles. The van der Waals surface area contributed by atoms with Gasteiger partial charge < -0.3 is 9.88 Å². The highest BCUT2D eigenvalue weighted by Crippen LogP contribution is 2.35. The maximum atomic E-state index is 13.1. The molecule has 1 aromatic heterocycles. The van der Waals surface area contributed by atoms with Gasteiger partial charge in [-0.3, -0.25) is 4.79 Å². The van der Waals surface area contributed by atoms with Crippen LogP contribution in [-0.2, 0) is 21.2 Å². The third kappa shape index (κ3) is 2.93. The van der Waals surface area contributed by atoms with Gasteiger partial charge in [-0.05, 0) is 37.8 Å². The summed E-state index contributed by atoms with van der Waals surface area (Å²) in [6, 6.07) is 8.30.